The van der Waals surface area contributed by atoms with Gasteiger partial charge in [-0.05, 0) is 160 Å². The van der Waals surface area contributed by atoms with Crippen LogP contribution in [0, 0.1) is 36.5 Å². The summed E-state index contributed by atoms with van der Waals surface area (Å²) in [6, 6.07) is 5.18. The second-order valence-electron chi connectivity index (χ2n) is 30.6. The number of halogens is 1. The predicted octanol–water partition coefficient (Wildman–Crippen LogP) is 12.2. The number of nitrogens with zero attached hydrogens (tertiary/aromatic N) is 9. The summed E-state index contributed by atoms with van der Waals surface area (Å²) in [5.74, 6) is 2.55. The van der Waals surface area contributed by atoms with E-state index in [2.05, 4.69) is 68.7 Å². The molecule has 0 saturated carbocycles. The number of carbonyl (C=O) groups excluding carboxylic acids is 3. The molecule has 2 aromatic heterocycles. The number of anilines is 2. The Morgan fingerprint density at radius 1 is 0.637 bits per heavy atom. The third kappa shape index (κ3) is 37.5. The molecule has 34 heteroatoms. The Labute approximate surface area is 686 Å². The number of hydrogen-bond acceptors (Lipinski definition) is 27. The summed E-state index contributed by atoms with van der Waals surface area (Å²) in [6.45, 7) is 26.4. The minimum Gasteiger partial charge on any atom is -0.382 e. The van der Waals surface area contributed by atoms with Crippen molar-refractivity contribution in [3.63, 3.8) is 0 Å². The molecule has 7 N–H and O–H groups in total. The van der Waals surface area contributed by atoms with E-state index in [1.54, 1.807) is 12.4 Å². The van der Waals surface area contributed by atoms with Gasteiger partial charge in [-0.1, -0.05) is 57.8 Å². The summed E-state index contributed by atoms with van der Waals surface area (Å²) in [7, 11) is -4.74. The van der Waals surface area contributed by atoms with Crippen molar-refractivity contribution < 1.29 is 66.1 Å². The van der Waals surface area contributed by atoms with Crippen LogP contribution >= 0.6 is 28.8 Å². The average Bonchev–Trinajstić information content (AvgIpc) is 1.69. The molecule has 30 nitrogen and oxygen atoms in total. The number of nitrogens with one attached hydrogen (secondary N) is 7. The van der Waals surface area contributed by atoms with Crippen molar-refractivity contribution in [2.75, 3.05) is 130 Å². The minimum atomic E-state index is -1.61. The maximum Gasteiger partial charge on any atom is 0.351 e. The number of carbonyl (C=O) groups is 3. The molecule has 13 unspecified atom stereocenters. The molecule has 6 heterocycles. The molecule has 4 aliphatic rings. The van der Waals surface area contributed by atoms with E-state index in [0.29, 0.717) is 92.5 Å². The van der Waals surface area contributed by atoms with Crippen LogP contribution in [0.15, 0.2) is 22.0 Å². The Hall–Kier alpha value is -4.51. The summed E-state index contributed by atoms with van der Waals surface area (Å²) in [4.78, 5) is 71.3. The van der Waals surface area contributed by atoms with Crippen LogP contribution in [0.3, 0.4) is 0 Å². The van der Waals surface area contributed by atoms with Crippen molar-refractivity contribution in [3.05, 3.63) is 44.5 Å². The van der Waals surface area contributed by atoms with Gasteiger partial charge in [-0.15, -0.1) is 9.60 Å². The maximum absolute atomic E-state index is 13.4. The molecule has 2 aromatic rings. The predicted molar refractivity (Wildman–Crippen MR) is 445 cm³/mol. The first-order valence-electron chi connectivity index (χ1n) is 43.7. The number of unbranched alkanes of at least 4 members (excludes halogenated alkanes) is 13. The van der Waals surface area contributed by atoms with E-state index in [-0.39, 0.29) is 87.8 Å². The van der Waals surface area contributed by atoms with Crippen molar-refractivity contribution >= 4 is 58.0 Å². The number of rotatable bonds is 63. The number of ether oxygens (including phenoxy) is 5. The van der Waals surface area contributed by atoms with Gasteiger partial charge in [0.25, 0.3) is 17.1 Å². The van der Waals surface area contributed by atoms with E-state index in [4.69, 9.17) is 57.8 Å². The van der Waals surface area contributed by atoms with Crippen LogP contribution in [0.1, 0.15) is 245 Å². The smallest absolute Gasteiger partial charge is 0.351 e. The van der Waals surface area contributed by atoms with E-state index >= 15 is 0 Å². The monoisotopic (exact) mass is 1660 g/mol. The lowest BCUT2D eigenvalue weighted by Gasteiger charge is -2.37. The number of urea groups is 1. The highest BCUT2D eigenvalue weighted by atomic mass is 32.2. The number of hydrogen-bond donors (Lipinski definition) is 7. The third-order valence-corrected chi connectivity index (χ3v) is 25.6. The van der Waals surface area contributed by atoms with Gasteiger partial charge in [-0.3, -0.25) is 18.7 Å². The average molecular weight is 1660 g/mol. The number of Topliss-reactive ketones (excluding diaryl/α,β-unsaturated/α-hetero) is 2. The number of thioether (sulfide) groups is 1. The van der Waals surface area contributed by atoms with Gasteiger partial charge in [-0.2, -0.15) is 32.3 Å². The molecule has 0 aliphatic carbocycles. The number of aryl methyl sites for hydroxylation is 2. The summed E-state index contributed by atoms with van der Waals surface area (Å²) in [5, 5.41) is 42.1. The van der Waals surface area contributed by atoms with Gasteiger partial charge in [-0.25, -0.2) is 23.7 Å². The van der Waals surface area contributed by atoms with Crippen molar-refractivity contribution in [2.24, 2.45) is 0 Å². The molecule has 2 amide bonds. The molecule has 0 aromatic carbocycles. The van der Waals surface area contributed by atoms with Gasteiger partial charge in [0.1, 0.15) is 54.6 Å². The van der Waals surface area contributed by atoms with Crippen LogP contribution in [0.5, 0.6) is 0 Å². The molecule has 4 fully saturated rings. The highest BCUT2D eigenvalue weighted by Crippen LogP contribution is 2.51. The van der Waals surface area contributed by atoms with Crippen molar-refractivity contribution in [1.29, 1.82) is 10.5 Å². The quantitative estimate of drug-likeness (QED) is 0.0106. The molecule has 113 heavy (non-hydrogen) atoms. The van der Waals surface area contributed by atoms with Crippen LogP contribution in [-0.4, -0.2) is 236 Å². The first kappa shape index (κ1) is 92.4. The lowest BCUT2D eigenvalue weighted by molar-refractivity contribution is -0.119. The van der Waals surface area contributed by atoms with Crippen LogP contribution in [0.2, 0.25) is 0 Å². The molecular formula is C79H141FN16O14P2S. The van der Waals surface area contributed by atoms with E-state index in [9.17, 15) is 28.5 Å². The second kappa shape index (κ2) is 57.6. The number of fused-ring (bicyclic) bond motifs is 1. The van der Waals surface area contributed by atoms with Gasteiger partial charge in [0.15, 0.2) is 0 Å². The zero-order valence-electron chi connectivity index (χ0n) is 73.5. The summed E-state index contributed by atoms with van der Waals surface area (Å²) >= 11 is 1.99. The molecule has 0 radical (unpaired) electrons. The molecule has 6 rings (SSSR count). The fourth-order valence-corrected chi connectivity index (χ4v) is 19.2. The van der Waals surface area contributed by atoms with Gasteiger partial charge < -0.3 is 79.0 Å². The second-order valence-corrected chi connectivity index (χ2v) is 34.7. The normalized spacial score (nSPS) is 21.7. The fourth-order valence-electron chi connectivity index (χ4n) is 14.1. The molecule has 0 bridgehead atoms. The molecule has 4 aliphatic heterocycles. The Morgan fingerprint density at radius 2 is 1.06 bits per heavy atom. The number of aromatic nitrogens is 4. The zero-order chi connectivity index (χ0) is 85.4. The van der Waals surface area contributed by atoms with Crippen LogP contribution in [0.25, 0.3) is 0 Å². The van der Waals surface area contributed by atoms with Gasteiger partial charge >= 0.3 is 17.4 Å². The van der Waals surface area contributed by atoms with Crippen molar-refractivity contribution in [1.82, 2.24) is 60.1 Å². The molecule has 13 atom stereocenters. The fraction of sp³-hybridized carbons (Fsp3) is 0.835. The van der Waals surface area contributed by atoms with E-state index in [1.807, 2.05) is 81.0 Å². The summed E-state index contributed by atoms with van der Waals surface area (Å²) in [5.41, 5.74) is 0.595. The lowest BCUT2D eigenvalue weighted by atomic mass is 10.0. The molecule has 4 saturated heterocycles. The largest absolute Gasteiger partial charge is 0.382 e. The third-order valence-electron chi connectivity index (χ3n) is 19.8. The Bertz CT molecular complexity index is 3310. The Balaban J connectivity index is 0.000000473. The van der Waals surface area contributed by atoms with E-state index < -0.39 is 79.4 Å². The lowest BCUT2D eigenvalue weighted by Crippen LogP contribution is -2.36. The van der Waals surface area contributed by atoms with Gasteiger partial charge in [0.2, 0.25) is 0 Å². The molecule has 0 spiro atoms. The number of methoxy groups -OCH3 is 3. The highest BCUT2D eigenvalue weighted by molar-refractivity contribution is 8.00. The van der Waals surface area contributed by atoms with Crippen LogP contribution in [-0.2, 0) is 51.4 Å². The van der Waals surface area contributed by atoms with Crippen molar-refractivity contribution in [3.8, 4) is 12.1 Å². The highest BCUT2D eigenvalue weighted by Gasteiger charge is 2.45. The summed E-state index contributed by atoms with van der Waals surface area (Å²) in [6.07, 6.45) is 21.0. The Morgan fingerprint density at radius 3 is 1.50 bits per heavy atom. The topological polar surface area (TPSA) is 346 Å². The zero-order valence-corrected chi connectivity index (χ0v) is 72.1. The first-order valence-corrected chi connectivity index (χ1v) is 44.7. The Kier molecular flexibility index (Phi) is 47.1. The van der Waals surface area contributed by atoms with E-state index in [0.717, 1.165) is 133 Å². The van der Waals surface area contributed by atoms with Crippen molar-refractivity contribution in [2.45, 2.75) is 308 Å². The van der Waals surface area contributed by atoms with Gasteiger partial charge in [0.05, 0.1) is 94.3 Å². The van der Waals surface area contributed by atoms with E-state index in [1.165, 1.54) is 48.3 Å². The van der Waals surface area contributed by atoms with Crippen LogP contribution < -0.4 is 48.6 Å². The number of ketones is 2. The number of amides is 2. The number of nitriles is 2. The van der Waals surface area contributed by atoms with Crippen LogP contribution in [0.4, 0.5) is 20.9 Å². The SMILES string of the molecule is [2H]C([3H])OCC1OC(n2cc(C)c(NCCCCCCN(F)COC)nc2=O)CC1OP(OCCC#N)N(C(C)C)C(C)C.[2H]C([3H])OCC1OC(n2cc(C)c(NCCCCCCNCC(=O)CCCCCNCC(=O)CCCCCNCCCCCCC3SCC4NC(=O)NC43)nc2=O)CC1OP(OCCC#N)N(C(C)C)C(C)C. The molecule has 644 valence electrons. The first-order chi connectivity index (χ1) is 56.2. The standard InChI is InChI=1S/C51H91N10O8PS.C28H50FN6O6P/c1-38(2)61(39(3)4)70(67-31-21-25-52)69-44-32-47(68-45(44)36-66-6)60-35-40(5)49(59-51(60)65)56-30-20-10-9-17-28-54-33-42(63)23-14-12-19-29-55-34-41(62)22-13-11-18-27-53-26-16-8-7-15-24-46-48-43(37-71-46)57-50(64)58-48;1-21(2)35(22(3)4)42(39-16-12-13-30)41-24-17-26(40-25(24)19-37-6)34-18-23(5)27(32-28(34)36)31-14-10-8-9-11-15-33(29)20-38-7/h35,38-39,43-48,53-55H,7-24,26-34,36-37H2,1-6H3,(H,56,59,65)(H2,57,58,64);18,21-22,24-26H,8-12,14-17,19-20H2,1-7H3,(H,31,32,36)/i2*6TD. The maximum atomic E-state index is 13.4. The minimum absolute atomic E-state index is 0.00520. The van der Waals surface area contributed by atoms with Gasteiger partial charge in [0, 0.05) is 125 Å². The molecular weight excluding hydrogens is 1510 g/mol. The summed E-state index contributed by atoms with van der Waals surface area (Å²) < 4.78 is 104.